The monoisotopic (exact) mass is 355 g/mol. The molecule has 1 atom stereocenters. The van der Waals surface area contributed by atoms with Crippen LogP contribution in [0.15, 0.2) is 28.7 Å². The lowest BCUT2D eigenvalue weighted by molar-refractivity contribution is 0.0123. The molecule has 0 amide bonds. The van der Waals surface area contributed by atoms with Crippen LogP contribution in [0.5, 0.6) is 0 Å². The highest BCUT2D eigenvalue weighted by Crippen LogP contribution is 2.28. The van der Waals surface area contributed by atoms with E-state index in [0.29, 0.717) is 5.92 Å². The van der Waals surface area contributed by atoms with Gasteiger partial charge < -0.3 is 10.1 Å². The molecular weight excluding hydrogens is 326 g/mol. The Balaban J connectivity index is 2.79. The van der Waals surface area contributed by atoms with Crippen molar-refractivity contribution < 1.29 is 4.74 Å². The van der Waals surface area contributed by atoms with Crippen molar-refractivity contribution >= 4 is 15.9 Å². The minimum Gasteiger partial charge on any atom is -0.379 e. The third-order valence-electron chi connectivity index (χ3n) is 3.85. The molecule has 1 aromatic rings. The Morgan fingerprint density at radius 1 is 1.19 bits per heavy atom. The van der Waals surface area contributed by atoms with Crippen LogP contribution in [-0.2, 0) is 4.74 Å². The lowest BCUT2D eigenvalue weighted by Crippen LogP contribution is -2.39. The number of ether oxygens (including phenoxy) is 1. The van der Waals surface area contributed by atoms with Gasteiger partial charge in [-0.15, -0.1) is 0 Å². The van der Waals surface area contributed by atoms with Crippen LogP contribution in [0.4, 0.5) is 0 Å². The van der Waals surface area contributed by atoms with Crippen LogP contribution >= 0.6 is 15.9 Å². The average Bonchev–Trinajstić information content (AvgIpc) is 2.37. The fraction of sp³-hybridized carbons (Fsp3) is 0.667. The zero-order valence-electron chi connectivity index (χ0n) is 14.3. The summed E-state index contributed by atoms with van der Waals surface area (Å²) in [5.41, 5.74) is 1.46. The summed E-state index contributed by atoms with van der Waals surface area (Å²) in [4.78, 5) is 0. The second-order valence-corrected chi connectivity index (χ2v) is 8.30. The first-order chi connectivity index (χ1) is 9.63. The van der Waals surface area contributed by atoms with Crippen molar-refractivity contribution in [1.29, 1.82) is 0 Å². The van der Waals surface area contributed by atoms with E-state index in [-0.39, 0.29) is 11.1 Å². The van der Waals surface area contributed by atoms with Gasteiger partial charge in [0.05, 0.1) is 5.60 Å². The van der Waals surface area contributed by atoms with Crippen molar-refractivity contribution in [2.45, 2.75) is 64.5 Å². The molecule has 0 bridgehead atoms. The van der Waals surface area contributed by atoms with Gasteiger partial charge >= 0.3 is 0 Å². The van der Waals surface area contributed by atoms with Crippen LogP contribution in [0.1, 0.15) is 58.9 Å². The molecule has 1 N–H and O–H groups in total. The van der Waals surface area contributed by atoms with E-state index in [1.54, 1.807) is 7.11 Å². The Labute approximate surface area is 138 Å². The Kier molecular flexibility index (Phi) is 6.89. The molecule has 1 aromatic carbocycles. The van der Waals surface area contributed by atoms with Crippen molar-refractivity contribution in [2.75, 3.05) is 13.7 Å². The summed E-state index contributed by atoms with van der Waals surface area (Å²) in [6.45, 7) is 11.9. The van der Waals surface area contributed by atoms with E-state index in [4.69, 9.17) is 4.74 Å². The van der Waals surface area contributed by atoms with Gasteiger partial charge in [-0.25, -0.2) is 0 Å². The summed E-state index contributed by atoms with van der Waals surface area (Å²) in [7, 11) is 1.79. The van der Waals surface area contributed by atoms with Crippen LogP contribution in [0, 0.1) is 0 Å². The first-order valence-corrected chi connectivity index (χ1v) is 8.48. The van der Waals surface area contributed by atoms with Gasteiger partial charge in [-0.1, -0.05) is 28.1 Å². The second kappa shape index (κ2) is 7.75. The van der Waals surface area contributed by atoms with Gasteiger partial charge in [0.25, 0.3) is 0 Å². The van der Waals surface area contributed by atoms with Crippen molar-refractivity contribution in [2.24, 2.45) is 0 Å². The smallest absolute Gasteiger partial charge is 0.0623 e. The van der Waals surface area contributed by atoms with Gasteiger partial charge in [0.2, 0.25) is 0 Å². The molecule has 0 radical (unpaired) electrons. The Morgan fingerprint density at radius 2 is 1.86 bits per heavy atom. The van der Waals surface area contributed by atoms with E-state index in [1.807, 2.05) is 0 Å². The fourth-order valence-corrected chi connectivity index (χ4v) is 2.62. The van der Waals surface area contributed by atoms with Crippen LogP contribution in [0.25, 0.3) is 0 Å². The van der Waals surface area contributed by atoms with E-state index in [1.165, 1.54) is 5.56 Å². The first-order valence-electron chi connectivity index (χ1n) is 7.69. The zero-order chi connectivity index (χ0) is 16.1. The van der Waals surface area contributed by atoms with Gasteiger partial charge in [-0.05, 0) is 71.1 Å². The number of rotatable bonds is 7. The predicted octanol–water partition coefficient (Wildman–Crippen LogP) is 5.13. The largest absolute Gasteiger partial charge is 0.379 e. The molecule has 120 valence electrons. The lowest BCUT2D eigenvalue weighted by atomic mass is 9.89. The maximum absolute atomic E-state index is 5.56. The molecule has 0 fully saturated rings. The summed E-state index contributed by atoms with van der Waals surface area (Å²) in [6.07, 6.45) is 2.16. The quantitative estimate of drug-likeness (QED) is 0.732. The zero-order valence-corrected chi connectivity index (χ0v) is 15.9. The number of hydrogen-bond acceptors (Lipinski definition) is 2. The average molecular weight is 356 g/mol. The normalized spacial score (nSPS) is 14.2. The Bertz CT molecular complexity index is 437. The highest BCUT2D eigenvalue weighted by Gasteiger charge is 2.21. The van der Waals surface area contributed by atoms with Crippen molar-refractivity contribution in [3.63, 3.8) is 0 Å². The van der Waals surface area contributed by atoms with Gasteiger partial charge in [0.15, 0.2) is 0 Å². The summed E-state index contributed by atoms with van der Waals surface area (Å²) in [5, 5.41) is 3.64. The number of hydrogen-bond donors (Lipinski definition) is 1. The number of methoxy groups -OCH3 is 1. The molecule has 0 heterocycles. The molecule has 0 saturated carbocycles. The second-order valence-electron chi connectivity index (χ2n) is 7.39. The molecule has 2 nitrogen and oxygen atoms in total. The first kappa shape index (κ1) is 18.7. The molecule has 0 aliphatic rings. The molecular formula is C18H30BrNO. The van der Waals surface area contributed by atoms with Crippen molar-refractivity contribution in [1.82, 2.24) is 5.32 Å². The van der Waals surface area contributed by atoms with E-state index in [2.05, 4.69) is 80.1 Å². The Morgan fingerprint density at radius 3 is 2.38 bits per heavy atom. The molecule has 0 aliphatic heterocycles. The van der Waals surface area contributed by atoms with Crippen LogP contribution in [0.3, 0.4) is 0 Å². The third kappa shape index (κ3) is 7.44. The van der Waals surface area contributed by atoms with Crippen molar-refractivity contribution in [3.8, 4) is 0 Å². The van der Waals surface area contributed by atoms with E-state index in [9.17, 15) is 0 Å². The number of nitrogens with one attached hydrogen (secondary N) is 1. The molecule has 1 unspecified atom stereocenters. The SMILES string of the molecule is COC(C)(C)CCC(CNC(C)(C)C)c1cccc(Br)c1. The lowest BCUT2D eigenvalue weighted by Gasteiger charge is -2.29. The number of halogens is 1. The molecule has 21 heavy (non-hydrogen) atoms. The van der Waals surface area contributed by atoms with Crippen LogP contribution in [-0.4, -0.2) is 24.8 Å². The third-order valence-corrected chi connectivity index (χ3v) is 4.34. The minimum absolute atomic E-state index is 0.0635. The Hall–Kier alpha value is -0.380. The fourth-order valence-electron chi connectivity index (χ4n) is 2.20. The van der Waals surface area contributed by atoms with Gasteiger partial charge in [0.1, 0.15) is 0 Å². The number of benzene rings is 1. The molecule has 0 spiro atoms. The highest BCUT2D eigenvalue weighted by atomic mass is 79.9. The van der Waals surface area contributed by atoms with Gasteiger partial charge in [0, 0.05) is 23.7 Å². The molecule has 1 rings (SSSR count). The highest BCUT2D eigenvalue weighted by molar-refractivity contribution is 9.10. The van der Waals surface area contributed by atoms with Crippen LogP contribution < -0.4 is 5.32 Å². The predicted molar refractivity (Wildman–Crippen MR) is 95.0 cm³/mol. The molecule has 0 aliphatic carbocycles. The molecule has 0 saturated heterocycles. The van der Waals surface area contributed by atoms with E-state index >= 15 is 0 Å². The van der Waals surface area contributed by atoms with Gasteiger partial charge in [-0.2, -0.15) is 0 Å². The molecule has 3 heteroatoms. The summed E-state index contributed by atoms with van der Waals surface area (Å²) in [6, 6.07) is 8.65. The topological polar surface area (TPSA) is 21.3 Å². The molecule has 0 aromatic heterocycles. The maximum Gasteiger partial charge on any atom is 0.0623 e. The van der Waals surface area contributed by atoms with Crippen molar-refractivity contribution in [3.05, 3.63) is 34.3 Å². The van der Waals surface area contributed by atoms with E-state index in [0.717, 1.165) is 23.9 Å². The van der Waals surface area contributed by atoms with Gasteiger partial charge in [-0.3, -0.25) is 0 Å². The standard InChI is InChI=1S/C18H30BrNO/c1-17(2,3)20-13-15(10-11-18(4,5)21-6)14-8-7-9-16(19)12-14/h7-9,12,15,20H,10-11,13H2,1-6H3. The van der Waals surface area contributed by atoms with E-state index < -0.39 is 0 Å². The summed E-state index contributed by atoms with van der Waals surface area (Å²) in [5.74, 6) is 0.496. The summed E-state index contributed by atoms with van der Waals surface area (Å²) >= 11 is 3.58. The van der Waals surface area contributed by atoms with Crippen LogP contribution in [0.2, 0.25) is 0 Å². The minimum atomic E-state index is -0.0635. The maximum atomic E-state index is 5.56. The summed E-state index contributed by atoms with van der Waals surface area (Å²) < 4.78 is 6.71.